The standard InChI is InChI=1S/C22H31BO4/c1-12-21-9-6-14(27-13(2)24)11-22(21,23)19(26-12)10-15-16-4-5-18(25)20(16,3)8-7-17(15)21/h12,14-17,19H,4-11H2,1-3H3. The van der Waals surface area contributed by atoms with Crippen LogP contribution in [0.15, 0.2) is 0 Å². The van der Waals surface area contributed by atoms with E-state index in [1.54, 1.807) is 0 Å². The predicted octanol–water partition coefficient (Wildman–Crippen LogP) is 3.62. The highest BCUT2D eigenvalue weighted by Gasteiger charge is 2.73. The van der Waals surface area contributed by atoms with Crippen LogP contribution < -0.4 is 0 Å². The average Bonchev–Trinajstić information content (AvgIpc) is 2.95. The molecule has 5 heteroatoms. The Balaban J connectivity index is 1.52. The lowest BCUT2D eigenvalue weighted by Crippen LogP contribution is -2.60. The topological polar surface area (TPSA) is 52.6 Å². The number of Topliss-reactive ketones (excluding diaryl/α,β-unsaturated/α-hetero) is 1. The normalized spacial score (nSPS) is 56.2. The third-order valence-electron chi connectivity index (χ3n) is 9.61. The number of ether oxygens (including phenoxy) is 2. The van der Waals surface area contributed by atoms with Crippen LogP contribution >= 0.6 is 0 Å². The monoisotopic (exact) mass is 370 g/mol. The van der Waals surface area contributed by atoms with E-state index in [-0.39, 0.29) is 35.1 Å². The molecule has 4 nitrogen and oxygen atoms in total. The highest BCUT2D eigenvalue weighted by Crippen LogP contribution is 2.76. The highest BCUT2D eigenvalue weighted by atomic mass is 16.5. The SMILES string of the molecule is [B]C12CC(OC(C)=O)CCC13C(C)OC2CC1C2CCC(=O)C2(C)CCC13. The van der Waals surface area contributed by atoms with Crippen LogP contribution in [-0.4, -0.2) is 37.9 Å². The number of esters is 1. The van der Waals surface area contributed by atoms with E-state index in [1.165, 1.54) is 6.92 Å². The maximum Gasteiger partial charge on any atom is 0.302 e. The van der Waals surface area contributed by atoms with E-state index in [9.17, 15) is 9.59 Å². The van der Waals surface area contributed by atoms with Crippen molar-refractivity contribution in [2.45, 2.75) is 95.8 Å². The largest absolute Gasteiger partial charge is 0.463 e. The number of fused-ring (bicyclic) bond motifs is 3. The van der Waals surface area contributed by atoms with Crippen molar-refractivity contribution in [3.63, 3.8) is 0 Å². The Kier molecular flexibility index (Phi) is 3.79. The quantitative estimate of drug-likeness (QED) is 0.523. The lowest BCUT2D eigenvalue weighted by molar-refractivity contribution is -0.157. The van der Waals surface area contributed by atoms with Crippen LogP contribution in [0.2, 0.25) is 5.31 Å². The zero-order chi connectivity index (χ0) is 19.2. The maximum absolute atomic E-state index is 12.6. The summed E-state index contributed by atoms with van der Waals surface area (Å²) in [6, 6.07) is 0. The van der Waals surface area contributed by atoms with Gasteiger partial charge in [0, 0.05) is 18.8 Å². The van der Waals surface area contributed by atoms with E-state index in [1.807, 2.05) is 0 Å². The third kappa shape index (κ3) is 2.10. The molecule has 9 atom stereocenters. The van der Waals surface area contributed by atoms with Crippen molar-refractivity contribution in [3.8, 4) is 0 Å². The Morgan fingerprint density at radius 2 is 2.00 bits per heavy atom. The molecular weight excluding hydrogens is 339 g/mol. The van der Waals surface area contributed by atoms with Gasteiger partial charge < -0.3 is 9.47 Å². The van der Waals surface area contributed by atoms with Crippen molar-refractivity contribution in [2.75, 3.05) is 0 Å². The first kappa shape index (κ1) is 18.2. The molecule has 0 aromatic rings. The first-order valence-electron chi connectivity index (χ1n) is 10.9. The summed E-state index contributed by atoms with van der Waals surface area (Å²) in [5.74, 6) is 1.83. The van der Waals surface area contributed by atoms with Gasteiger partial charge in [0.25, 0.3) is 0 Å². The molecule has 0 aromatic carbocycles. The van der Waals surface area contributed by atoms with Gasteiger partial charge in [-0.1, -0.05) is 6.92 Å². The first-order chi connectivity index (χ1) is 12.7. The highest BCUT2D eigenvalue weighted by molar-refractivity contribution is 6.17. The van der Waals surface area contributed by atoms with Crippen LogP contribution in [0.25, 0.3) is 0 Å². The van der Waals surface area contributed by atoms with Gasteiger partial charge >= 0.3 is 5.97 Å². The van der Waals surface area contributed by atoms with E-state index in [4.69, 9.17) is 17.3 Å². The fraction of sp³-hybridized carbons (Fsp3) is 0.909. The summed E-state index contributed by atoms with van der Waals surface area (Å²) in [7, 11) is 7.18. The van der Waals surface area contributed by atoms with Crippen molar-refractivity contribution in [1.82, 2.24) is 0 Å². The van der Waals surface area contributed by atoms with Gasteiger partial charge in [-0.25, -0.2) is 0 Å². The molecule has 0 spiro atoms. The summed E-state index contributed by atoms with van der Waals surface area (Å²) in [5, 5.41) is -0.414. The summed E-state index contributed by atoms with van der Waals surface area (Å²) in [6.07, 6.45) is 7.48. The Morgan fingerprint density at radius 3 is 2.74 bits per heavy atom. The zero-order valence-corrected chi connectivity index (χ0v) is 16.8. The first-order valence-corrected chi connectivity index (χ1v) is 10.9. The summed E-state index contributed by atoms with van der Waals surface area (Å²) in [5.41, 5.74) is -0.159. The van der Waals surface area contributed by atoms with Crippen molar-refractivity contribution in [3.05, 3.63) is 0 Å². The molecule has 2 bridgehead atoms. The fourth-order valence-electron chi connectivity index (χ4n) is 8.51. The Hall–Kier alpha value is -0.835. The number of carbonyl (C=O) groups is 2. The van der Waals surface area contributed by atoms with Crippen LogP contribution in [0.1, 0.15) is 72.1 Å². The van der Waals surface area contributed by atoms with E-state index >= 15 is 0 Å². The number of hydrogen-bond acceptors (Lipinski definition) is 4. The van der Waals surface area contributed by atoms with Crippen molar-refractivity contribution in [1.29, 1.82) is 0 Å². The molecule has 0 aromatic heterocycles. The van der Waals surface area contributed by atoms with E-state index in [2.05, 4.69) is 13.8 Å². The average molecular weight is 370 g/mol. The Morgan fingerprint density at radius 1 is 1.22 bits per heavy atom. The molecule has 5 rings (SSSR count). The lowest BCUT2D eigenvalue weighted by Gasteiger charge is -2.64. The molecule has 27 heavy (non-hydrogen) atoms. The van der Waals surface area contributed by atoms with Gasteiger partial charge in [0.05, 0.1) is 20.1 Å². The van der Waals surface area contributed by atoms with Gasteiger partial charge in [0.1, 0.15) is 11.9 Å². The number of hydrogen-bond donors (Lipinski definition) is 0. The van der Waals surface area contributed by atoms with Gasteiger partial charge in [-0.05, 0) is 80.4 Å². The van der Waals surface area contributed by atoms with Gasteiger partial charge in [-0.3, -0.25) is 9.59 Å². The molecule has 5 fully saturated rings. The van der Waals surface area contributed by atoms with Crippen LogP contribution in [0, 0.1) is 28.6 Å². The number of rotatable bonds is 1. The molecule has 0 N–H and O–H groups in total. The molecular formula is C22H31BO4. The second-order valence-electron chi connectivity index (χ2n) is 10.4. The molecule has 146 valence electrons. The summed E-state index contributed by atoms with van der Waals surface area (Å²) in [6.45, 7) is 5.91. The van der Waals surface area contributed by atoms with Crippen LogP contribution in [0.4, 0.5) is 0 Å². The van der Waals surface area contributed by atoms with E-state index < -0.39 is 5.31 Å². The minimum atomic E-state index is -0.414. The zero-order valence-electron chi connectivity index (χ0n) is 16.8. The molecule has 4 saturated carbocycles. The second-order valence-corrected chi connectivity index (χ2v) is 10.4. The van der Waals surface area contributed by atoms with Crippen LogP contribution in [0.5, 0.6) is 0 Å². The molecule has 1 heterocycles. The Bertz CT molecular complexity index is 694. The van der Waals surface area contributed by atoms with Gasteiger partial charge in [-0.15, -0.1) is 0 Å². The lowest BCUT2D eigenvalue weighted by atomic mass is 9.34. The minimum absolute atomic E-state index is 0.0187. The molecule has 5 aliphatic rings. The maximum atomic E-state index is 12.6. The van der Waals surface area contributed by atoms with Crippen molar-refractivity contribution < 1.29 is 19.1 Å². The van der Waals surface area contributed by atoms with Gasteiger partial charge in [0.2, 0.25) is 0 Å². The minimum Gasteiger partial charge on any atom is -0.463 e. The summed E-state index contributed by atoms with van der Waals surface area (Å²) >= 11 is 0. The smallest absolute Gasteiger partial charge is 0.302 e. The molecule has 1 aliphatic heterocycles. The Labute approximate surface area is 163 Å². The van der Waals surface area contributed by atoms with Gasteiger partial charge in [0.15, 0.2) is 0 Å². The fourth-order valence-corrected chi connectivity index (χ4v) is 8.51. The van der Waals surface area contributed by atoms with Gasteiger partial charge in [-0.2, -0.15) is 0 Å². The molecule has 0 amide bonds. The number of ketones is 1. The van der Waals surface area contributed by atoms with Crippen molar-refractivity contribution >= 4 is 19.6 Å². The molecule has 9 unspecified atom stereocenters. The third-order valence-corrected chi connectivity index (χ3v) is 9.61. The predicted molar refractivity (Wildman–Crippen MR) is 101 cm³/mol. The summed E-state index contributed by atoms with van der Waals surface area (Å²) < 4.78 is 12.1. The molecule has 2 radical (unpaired) electrons. The van der Waals surface area contributed by atoms with E-state index in [0.717, 1.165) is 44.9 Å². The van der Waals surface area contributed by atoms with Crippen molar-refractivity contribution in [2.24, 2.45) is 28.6 Å². The molecule has 4 aliphatic carbocycles. The van der Waals surface area contributed by atoms with Crippen LogP contribution in [0.3, 0.4) is 0 Å². The molecule has 1 saturated heterocycles. The van der Waals surface area contributed by atoms with E-state index in [0.29, 0.717) is 30.0 Å². The number of carbonyl (C=O) groups excluding carboxylic acids is 2. The summed E-state index contributed by atoms with van der Waals surface area (Å²) in [4.78, 5) is 24.1. The van der Waals surface area contributed by atoms with Crippen LogP contribution in [-0.2, 0) is 19.1 Å². The second kappa shape index (κ2) is 5.61.